The zero-order valence-electron chi connectivity index (χ0n) is 13.7. The molecule has 0 aliphatic heterocycles. The molecule has 0 radical (unpaired) electrons. The SMILES string of the molecule is COc1cccc(C(O)CNC(=O)C2CC(C)CC(C)C2)c1. The first-order valence-corrected chi connectivity index (χ1v) is 8.09. The number of hydrogen-bond donors (Lipinski definition) is 2. The van der Waals surface area contributed by atoms with Crippen molar-refractivity contribution in [1.82, 2.24) is 5.32 Å². The third kappa shape index (κ3) is 4.47. The van der Waals surface area contributed by atoms with Gasteiger partial charge in [-0.1, -0.05) is 26.0 Å². The number of ether oxygens (including phenoxy) is 1. The highest BCUT2D eigenvalue weighted by Gasteiger charge is 2.29. The Morgan fingerprint density at radius 2 is 2.00 bits per heavy atom. The summed E-state index contributed by atoms with van der Waals surface area (Å²) in [6, 6.07) is 7.30. The van der Waals surface area contributed by atoms with Crippen LogP contribution in [0, 0.1) is 17.8 Å². The van der Waals surface area contributed by atoms with Crippen LogP contribution >= 0.6 is 0 Å². The van der Waals surface area contributed by atoms with Gasteiger partial charge in [-0.15, -0.1) is 0 Å². The van der Waals surface area contributed by atoms with E-state index >= 15 is 0 Å². The molecule has 1 aliphatic carbocycles. The largest absolute Gasteiger partial charge is 0.497 e. The molecule has 122 valence electrons. The van der Waals surface area contributed by atoms with E-state index in [-0.39, 0.29) is 18.4 Å². The zero-order valence-corrected chi connectivity index (χ0v) is 13.7. The number of nitrogens with one attached hydrogen (secondary N) is 1. The van der Waals surface area contributed by atoms with Gasteiger partial charge in [0.15, 0.2) is 0 Å². The third-order valence-corrected chi connectivity index (χ3v) is 4.50. The molecular weight excluding hydrogens is 278 g/mol. The number of aliphatic hydroxyl groups excluding tert-OH is 1. The van der Waals surface area contributed by atoms with Gasteiger partial charge >= 0.3 is 0 Å². The van der Waals surface area contributed by atoms with Crippen molar-refractivity contribution in [2.24, 2.45) is 17.8 Å². The second kappa shape index (κ2) is 7.63. The smallest absolute Gasteiger partial charge is 0.223 e. The van der Waals surface area contributed by atoms with Gasteiger partial charge in [-0.25, -0.2) is 0 Å². The molecule has 22 heavy (non-hydrogen) atoms. The minimum Gasteiger partial charge on any atom is -0.497 e. The van der Waals surface area contributed by atoms with E-state index in [2.05, 4.69) is 19.2 Å². The molecule has 0 bridgehead atoms. The summed E-state index contributed by atoms with van der Waals surface area (Å²) in [5.74, 6) is 2.06. The average molecular weight is 305 g/mol. The fourth-order valence-electron chi connectivity index (χ4n) is 3.47. The van der Waals surface area contributed by atoms with Crippen molar-refractivity contribution in [2.45, 2.75) is 39.2 Å². The van der Waals surface area contributed by atoms with Gasteiger partial charge in [-0.2, -0.15) is 0 Å². The molecule has 1 aromatic rings. The summed E-state index contributed by atoms with van der Waals surface area (Å²) in [7, 11) is 1.60. The van der Waals surface area contributed by atoms with Gasteiger partial charge in [-0.3, -0.25) is 4.79 Å². The van der Waals surface area contributed by atoms with Crippen LogP contribution in [0.5, 0.6) is 5.75 Å². The van der Waals surface area contributed by atoms with E-state index in [9.17, 15) is 9.90 Å². The third-order valence-electron chi connectivity index (χ3n) is 4.50. The number of rotatable bonds is 5. The normalized spacial score (nSPS) is 26.3. The Morgan fingerprint density at radius 1 is 1.32 bits per heavy atom. The van der Waals surface area contributed by atoms with Gasteiger partial charge in [0.1, 0.15) is 5.75 Å². The Labute approximate surface area is 132 Å². The van der Waals surface area contributed by atoms with Gasteiger partial charge in [0.2, 0.25) is 5.91 Å². The molecule has 4 nitrogen and oxygen atoms in total. The van der Waals surface area contributed by atoms with E-state index in [1.54, 1.807) is 13.2 Å². The number of aliphatic hydroxyl groups is 1. The van der Waals surface area contributed by atoms with Crippen molar-refractivity contribution in [3.05, 3.63) is 29.8 Å². The molecule has 2 N–H and O–H groups in total. The van der Waals surface area contributed by atoms with Crippen LogP contribution in [0.2, 0.25) is 0 Å². The summed E-state index contributed by atoms with van der Waals surface area (Å²) in [6.45, 7) is 4.66. The number of methoxy groups -OCH3 is 1. The molecule has 0 spiro atoms. The van der Waals surface area contributed by atoms with Crippen LogP contribution in [0.3, 0.4) is 0 Å². The average Bonchev–Trinajstić information content (AvgIpc) is 2.51. The minimum atomic E-state index is -0.711. The number of benzene rings is 1. The Kier molecular flexibility index (Phi) is 5.83. The van der Waals surface area contributed by atoms with Crippen LogP contribution in [0.1, 0.15) is 44.8 Å². The molecule has 1 fully saturated rings. The molecule has 3 atom stereocenters. The number of hydrogen-bond acceptors (Lipinski definition) is 3. The van der Waals surface area contributed by atoms with Gasteiger partial charge in [0.05, 0.1) is 13.2 Å². The van der Waals surface area contributed by atoms with E-state index < -0.39 is 6.10 Å². The van der Waals surface area contributed by atoms with E-state index in [1.807, 2.05) is 18.2 Å². The highest BCUT2D eigenvalue weighted by molar-refractivity contribution is 5.78. The van der Waals surface area contributed by atoms with Gasteiger partial charge in [0.25, 0.3) is 0 Å². The number of amides is 1. The van der Waals surface area contributed by atoms with Gasteiger partial charge in [0, 0.05) is 12.5 Å². The predicted molar refractivity (Wildman–Crippen MR) is 86.6 cm³/mol. The maximum absolute atomic E-state index is 12.3. The Bertz CT molecular complexity index is 493. The summed E-state index contributed by atoms with van der Waals surface area (Å²) >= 11 is 0. The molecule has 1 amide bonds. The fourth-order valence-corrected chi connectivity index (χ4v) is 3.47. The molecule has 1 aliphatic rings. The summed E-state index contributed by atoms with van der Waals surface area (Å²) in [5.41, 5.74) is 0.755. The van der Waals surface area contributed by atoms with Crippen LogP contribution in [0.4, 0.5) is 0 Å². The second-order valence-electron chi connectivity index (χ2n) is 6.65. The molecule has 0 saturated heterocycles. The van der Waals surface area contributed by atoms with E-state index in [1.165, 1.54) is 6.42 Å². The highest BCUT2D eigenvalue weighted by Crippen LogP contribution is 2.32. The van der Waals surface area contributed by atoms with Gasteiger partial charge < -0.3 is 15.2 Å². The van der Waals surface area contributed by atoms with E-state index in [0.29, 0.717) is 17.6 Å². The maximum atomic E-state index is 12.3. The molecule has 3 unspecified atom stereocenters. The first kappa shape index (κ1) is 16.8. The van der Waals surface area contributed by atoms with E-state index in [4.69, 9.17) is 4.74 Å². The van der Waals surface area contributed by atoms with Crippen LogP contribution < -0.4 is 10.1 Å². The van der Waals surface area contributed by atoms with Crippen molar-refractivity contribution in [1.29, 1.82) is 0 Å². The molecule has 2 rings (SSSR count). The number of carbonyl (C=O) groups is 1. The maximum Gasteiger partial charge on any atom is 0.223 e. The quantitative estimate of drug-likeness (QED) is 0.879. The van der Waals surface area contributed by atoms with Crippen LogP contribution in [0.15, 0.2) is 24.3 Å². The summed E-state index contributed by atoms with van der Waals surface area (Å²) < 4.78 is 5.15. The molecule has 1 aromatic carbocycles. The Balaban J connectivity index is 1.87. The first-order valence-electron chi connectivity index (χ1n) is 8.09. The molecule has 1 saturated carbocycles. The first-order chi connectivity index (χ1) is 10.5. The predicted octanol–water partition coefficient (Wildman–Crippen LogP) is 2.92. The molecular formula is C18H27NO3. The van der Waals surface area contributed by atoms with Crippen LogP contribution in [-0.4, -0.2) is 24.7 Å². The Morgan fingerprint density at radius 3 is 2.64 bits per heavy atom. The lowest BCUT2D eigenvalue weighted by atomic mass is 9.76. The molecule has 0 heterocycles. The van der Waals surface area contributed by atoms with Crippen molar-refractivity contribution < 1.29 is 14.6 Å². The lowest BCUT2D eigenvalue weighted by molar-refractivity contribution is -0.127. The fraction of sp³-hybridized carbons (Fsp3) is 0.611. The second-order valence-corrected chi connectivity index (χ2v) is 6.65. The van der Waals surface area contributed by atoms with Gasteiger partial charge in [-0.05, 0) is 48.8 Å². The lowest BCUT2D eigenvalue weighted by Crippen LogP contribution is -2.37. The monoisotopic (exact) mass is 305 g/mol. The van der Waals surface area contributed by atoms with Crippen molar-refractivity contribution in [3.8, 4) is 5.75 Å². The standard InChI is InChI=1S/C18H27NO3/c1-12-7-13(2)9-15(8-12)18(21)19-11-17(20)14-5-4-6-16(10-14)22-3/h4-6,10,12-13,15,17,20H,7-9,11H2,1-3H3,(H,19,21). The van der Waals surface area contributed by atoms with Crippen molar-refractivity contribution in [2.75, 3.05) is 13.7 Å². The minimum absolute atomic E-state index is 0.0698. The van der Waals surface area contributed by atoms with Crippen molar-refractivity contribution in [3.63, 3.8) is 0 Å². The molecule has 0 aromatic heterocycles. The summed E-state index contributed by atoms with van der Waals surface area (Å²) in [6.07, 6.45) is 2.39. The molecule has 4 heteroatoms. The zero-order chi connectivity index (χ0) is 16.1. The lowest BCUT2D eigenvalue weighted by Gasteiger charge is -2.30. The van der Waals surface area contributed by atoms with E-state index in [0.717, 1.165) is 18.4 Å². The summed E-state index contributed by atoms with van der Waals surface area (Å²) in [5, 5.41) is 13.1. The topological polar surface area (TPSA) is 58.6 Å². The van der Waals surface area contributed by atoms with Crippen molar-refractivity contribution >= 4 is 5.91 Å². The summed E-state index contributed by atoms with van der Waals surface area (Å²) in [4.78, 5) is 12.3. The van der Waals surface area contributed by atoms with Crippen LogP contribution in [0.25, 0.3) is 0 Å². The van der Waals surface area contributed by atoms with Crippen LogP contribution in [-0.2, 0) is 4.79 Å². The highest BCUT2D eigenvalue weighted by atomic mass is 16.5. The number of carbonyl (C=O) groups excluding carboxylic acids is 1. The Hall–Kier alpha value is -1.55.